The molecule has 1 heterocycles. The van der Waals surface area contributed by atoms with Crippen molar-refractivity contribution in [3.8, 4) is 0 Å². The number of Topliss-reactive ketones (excluding diaryl/α,β-unsaturated/α-hetero) is 1. The highest BCUT2D eigenvalue weighted by Crippen LogP contribution is 2.28. The Bertz CT molecular complexity index is 365. The number of carbonyl (C=O) groups excluding carboxylic acids is 1. The van der Waals surface area contributed by atoms with Gasteiger partial charge in [-0.05, 0) is 12.8 Å². The molecule has 1 aliphatic rings. The average Bonchev–Trinajstić information content (AvgIpc) is 2.65. The number of aryl methyl sites for hydroxylation is 1. The van der Waals surface area contributed by atoms with Crippen LogP contribution >= 0.6 is 0 Å². The molecule has 1 aromatic heterocycles. The van der Waals surface area contributed by atoms with Crippen molar-refractivity contribution in [2.75, 3.05) is 0 Å². The molecule has 0 spiro atoms. The van der Waals surface area contributed by atoms with Gasteiger partial charge < -0.3 is 5.73 Å². The molecule has 82 valence electrons. The van der Waals surface area contributed by atoms with Gasteiger partial charge in [-0.2, -0.15) is 0 Å². The van der Waals surface area contributed by atoms with Crippen LogP contribution in [0.5, 0.6) is 0 Å². The molecule has 1 aromatic rings. The monoisotopic (exact) mass is 208 g/mol. The van der Waals surface area contributed by atoms with Crippen molar-refractivity contribution >= 4 is 5.78 Å². The first-order valence-electron chi connectivity index (χ1n) is 5.32. The Labute approximate surface area is 88.6 Å². The van der Waals surface area contributed by atoms with Gasteiger partial charge in [0.05, 0.1) is 11.7 Å². The van der Waals surface area contributed by atoms with Crippen LogP contribution in [-0.2, 0) is 7.05 Å². The molecule has 15 heavy (non-hydrogen) atoms. The summed E-state index contributed by atoms with van der Waals surface area (Å²) in [5.41, 5.74) is 5.81. The van der Waals surface area contributed by atoms with Crippen molar-refractivity contribution in [2.24, 2.45) is 12.8 Å². The SMILES string of the molecule is Cn1cc(C(=O)C2(N)CCCCC2)nn1. The Morgan fingerprint density at radius 2 is 2.13 bits per heavy atom. The third-order valence-electron chi connectivity index (χ3n) is 3.03. The molecule has 1 aliphatic carbocycles. The lowest BCUT2D eigenvalue weighted by Crippen LogP contribution is -2.49. The summed E-state index contributed by atoms with van der Waals surface area (Å²) in [7, 11) is 1.74. The Hall–Kier alpha value is -1.23. The van der Waals surface area contributed by atoms with Gasteiger partial charge in [-0.3, -0.25) is 9.48 Å². The highest BCUT2D eigenvalue weighted by Gasteiger charge is 2.37. The molecule has 0 amide bonds. The molecular weight excluding hydrogens is 192 g/mol. The number of hydrogen-bond acceptors (Lipinski definition) is 4. The molecule has 0 aliphatic heterocycles. The number of carbonyl (C=O) groups is 1. The first-order valence-corrected chi connectivity index (χ1v) is 5.32. The first-order chi connectivity index (χ1) is 7.12. The smallest absolute Gasteiger partial charge is 0.204 e. The van der Waals surface area contributed by atoms with E-state index in [0.29, 0.717) is 5.69 Å². The lowest BCUT2D eigenvalue weighted by atomic mass is 9.78. The maximum absolute atomic E-state index is 12.1. The zero-order valence-corrected chi connectivity index (χ0v) is 8.94. The molecule has 0 bridgehead atoms. The molecule has 1 fully saturated rings. The van der Waals surface area contributed by atoms with Crippen LogP contribution in [0.1, 0.15) is 42.6 Å². The highest BCUT2D eigenvalue weighted by molar-refractivity contribution is 6.01. The van der Waals surface area contributed by atoms with Gasteiger partial charge in [-0.25, -0.2) is 0 Å². The maximum Gasteiger partial charge on any atom is 0.204 e. The number of aromatic nitrogens is 3. The topological polar surface area (TPSA) is 73.8 Å². The van der Waals surface area contributed by atoms with Crippen LogP contribution in [0.4, 0.5) is 0 Å². The van der Waals surface area contributed by atoms with E-state index >= 15 is 0 Å². The fraction of sp³-hybridized carbons (Fsp3) is 0.700. The summed E-state index contributed by atoms with van der Waals surface area (Å²) in [6, 6.07) is 0. The van der Waals surface area contributed by atoms with Gasteiger partial charge in [0.1, 0.15) is 0 Å². The zero-order valence-electron chi connectivity index (χ0n) is 8.94. The number of nitrogens with two attached hydrogens (primary N) is 1. The summed E-state index contributed by atoms with van der Waals surface area (Å²) in [5.74, 6) is -0.0599. The van der Waals surface area contributed by atoms with Crippen LogP contribution < -0.4 is 5.73 Å². The summed E-state index contributed by atoms with van der Waals surface area (Å²) in [6.07, 6.45) is 6.40. The average molecular weight is 208 g/mol. The van der Waals surface area contributed by atoms with E-state index in [1.54, 1.807) is 13.2 Å². The second kappa shape index (κ2) is 3.73. The van der Waals surface area contributed by atoms with Crippen LogP contribution in [0.15, 0.2) is 6.20 Å². The minimum atomic E-state index is -0.700. The first kappa shape index (κ1) is 10.3. The standard InChI is InChI=1S/C10H16N4O/c1-14-7-8(12-13-14)9(15)10(11)5-3-2-4-6-10/h7H,2-6,11H2,1H3. The van der Waals surface area contributed by atoms with Crippen LogP contribution in [-0.4, -0.2) is 26.3 Å². The van der Waals surface area contributed by atoms with E-state index in [1.807, 2.05) is 0 Å². The van der Waals surface area contributed by atoms with Gasteiger partial charge in [0, 0.05) is 7.05 Å². The molecule has 5 heteroatoms. The van der Waals surface area contributed by atoms with E-state index in [4.69, 9.17) is 5.73 Å². The van der Waals surface area contributed by atoms with E-state index in [0.717, 1.165) is 25.7 Å². The molecule has 2 N–H and O–H groups in total. The van der Waals surface area contributed by atoms with E-state index < -0.39 is 5.54 Å². The third-order valence-corrected chi connectivity index (χ3v) is 3.03. The Balaban J connectivity index is 2.19. The lowest BCUT2D eigenvalue weighted by Gasteiger charge is -2.30. The molecule has 5 nitrogen and oxygen atoms in total. The van der Waals surface area contributed by atoms with Crippen molar-refractivity contribution < 1.29 is 4.79 Å². The summed E-state index contributed by atoms with van der Waals surface area (Å²) in [6.45, 7) is 0. The quantitative estimate of drug-likeness (QED) is 0.724. The van der Waals surface area contributed by atoms with Gasteiger partial charge in [0.25, 0.3) is 0 Å². The van der Waals surface area contributed by atoms with Crippen molar-refractivity contribution in [1.82, 2.24) is 15.0 Å². The van der Waals surface area contributed by atoms with E-state index in [-0.39, 0.29) is 5.78 Å². The third kappa shape index (κ3) is 1.92. The van der Waals surface area contributed by atoms with Crippen LogP contribution in [0, 0.1) is 0 Å². The highest BCUT2D eigenvalue weighted by atomic mass is 16.1. The normalized spacial score (nSPS) is 20.1. The van der Waals surface area contributed by atoms with Crippen molar-refractivity contribution in [3.05, 3.63) is 11.9 Å². The Morgan fingerprint density at radius 3 is 2.67 bits per heavy atom. The molecular formula is C10H16N4O. The molecule has 0 unspecified atom stereocenters. The predicted octanol–water partition coefficient (Wildman–Crippen LogP) is 0.659. The predicted molar refractivity (Wildman–Crippen MR) is 55.3 cm³/mol. The molecule has 0 aromatic carbocycles. The molecule has 0 radical (unpaired) electrons. The number of ketones is 1. The molecule has 0 saturated heterocycles. The minimum absolute atomic E-state index is 0.0599. The summed E-state index contributed by atoms with van der Waals surface area (Å²) < 4.78 is 1.53. The number of nitrogens with zero attached hydrogens (tertiary/aromatic N) is 3. The minimum Gasteiger partial charge on any atom is -0.319 e. The summed E-state index contributed by atoms with van der Waals surface area (Å²) in [5, 5.41) is 7.57. The fourth-order valence-electron chi connectivity index (χ4n) is 2.12. The fourth-order valence-corrected chi connectivity index (χ4v) is 2.12. The maximum atomic E-state index is 12.1. The van der Waals surface area contributed by atoms with Crippen molar-refractivity contribution in [3.63, 3.8) is 0 Å². The molecule has 0 atom stereocenters. The Morgan fingerprint density at radius 1 is 1.47 bits per heavy atom. The number of rotatable bonds is 2. The van der Waals surface area contributed by atoms with Gasteiger partial charge in [-0.15, -0.1) is 5.10 Å². The second-order valence-corrected chi connectivity index (χ2v) is 4.32. The van der Waals surface area contributed by atoms with Gasteiger partial charge in [0.2, 0.25) is 5.78 Å². The van der Waals surface area contributed by atoms with Gasteiger partial charge in [0.15, 0.2) is 5.69 Å². The zero-order chi connectivity index (χ0) is 10.9. The number of hydrogen-bond donors (Lipinski definition) is 1. The van der Waals surface area contributed by atoms with Crippen LogP contribution in [0.3, 0.4) is 0 Å². The van der Waals surface area contributed by atoms with E-state index in [2.05, 4.69) is 10.3 Å². The summed E-state index contributed by atoms with van der Waals surface area (Å²) in [4.78, 5) is 12.1. The second-order valence-electron chi connectivity index (χ2n) is 4.32. The largest absolute Gasteiger partial charge is 0.319 e. The summed E-state index contributed by atoms with van der Waals surface area (Å²) >= 11 is 0. The molecule has 2 rings (SSSR count). The lowest BCUT2D eigenvalue weighted by molar-refractivity contribution is 0.0842. The van der Waals surface area contributed by atoms with Crippen molar-refractivity contribution in [1.29, 1.82) is 0 Å². The van der Waals surface area contributed by atoms with E-state index in [9.17, 15) is 4.79 Å². The van der Waals surface area contributed by atoms with E-state index in [1.165, 1.54) is 11.1 Å². The van der Waals surface area contributed by atoms with Crippen molar-refractivity contribution in [2.45, 2.75) is 37.6 Å². The van der Waals surface area contributed by atoms with Crippen LogP contribution in [0.2, 0.25) is 0 Å². The molecule has 1 saturated carbocycles. The Kier molecular flexibility index (Phi) is 2.56. The van der Waals surface area contributed by atoms with Gasteiger partial charge in [-0.1, -0.05) is 24.5 Å². The van der Waals surface area contributed by atoms with Gasteiger partial charge >= 0.3 is 0 Å². The van der Waals surface area contributed by atoms with Crippen LogP contribution in [0.25, 0.3) is 0 Å².